The summed E-state index contributed by atoms with van der Waals surface area (Å²) in [4.78, 5) is 26.8. The Morgan fingerprint density at radius 1 is 1.15 bits per heavy atom. The van der Waals surface area contributed by atoms with Crippen molar-refractivity contribution < 1.29 is 18.8 Å². The quantitative estimate of drug-likeness (QED) is 0.779. The van der Waals surface area contributed by atoms with Crippen molar-refractivity contribution in [1.29, 1.82) is 0 Å². The molecule has 0 saturated heterocycles. The van der Waals surface area contributed by atoms with Gasteiger partial charge in [-0.05, 0) is 37.3 Å². The second-order valence-electron chi connectivity index (χ2n) is 5.66. The standard InChI is InChI=1S/C19H15N3O4/c1-2-22-14-5-3-4-6-16(14)25-15-8-7-12(11-13(15)19(22)24)21-18(23)17-9-10-20-26-17/h3-11H,2H2,1H3,(H,21,23). The van der Waals surface area contributed by atoms with Crippen LogP contribution in [0.5, 0.6) is 11.5 Å². The minimum Gasteiger partial charge on any atom is -0.454 e. The molecule has 2 amide bonds. The Balaban J connectivity index is 1.71. The molecule has 0 radical (unpaired) electrons. The maximum atomic E-state index is 13.0. The number of fused-ring (bicyclic) bond motifs is 2. The molecule has 0 fully saturated rings. The summed E-state index contributed by atoms with van der Waals surface area (Å²) in [5.74, 6) is 0.504. The zero-order valence-electron chi connectivity index (χ0n) is 13.9. The molecular formula is C19H15N3O4. The van der Waals surface area contributed by atoms with Crippen molar-refractivity contribution in [3.05, 3.63) is 66.1 Å². The van der Waals surface area contributed by atoms with Crippen LogP contribution in [0.2, 0.25) is 0 Å². The molecular weight excluding hydrogens is 334 g/mol. The number of rotatable bonds is 3. The highest BCUT2D eigenvalue weighted by Gasteiger charge is 2.27. The number of hydrogen-bond acceptors (Lipinski definition) is 5. The molecule has 1 N–H and O–H groups in total. The molecule has 0 saturated carbocycles. The number of aromatic nitrogens is 1. The molecule has 1 aliphatic heterocycles. The summed E-state index contributed by atoms with van der Waals surface area (Å²) >= 11 is 0. The molecule has 2 aromatic carbocycles. The van der Waals surface area contributed by atoms with E-state index in [1.807, 2.05) is 31.2 Å². The van der Waals surface area contributed by atoms with Gasteiger partial charge in [-0.15, -0.1) is 0 Å². The Kier molecular flexibility index (Phi) is 3.89. The molecule has 0 aliphatic carbocycles. The Morgan fingerprint density at radius 2 is 2.00 bits per heavy atom. The van der Waals surface area contributed by atoms with E-state index in [0.717, 1.165) is 0 Å². The van der Waals surface area contributed by atoms with Crippen LogP contribution in [0.15, 0.2) is 59.3 Å². The van der Waals surface area contributed by atoms with Gasteiger partial charge >= 0.3 is 0 Å². The second-order valence-corrected chi connectivity index (χ2v) is 5.66. The minimum absolute atomic E-state index is 0.0881. The third kappa shape index (κ3) is 2.69. The smallest absolute Gasteiger partial charge is 0.294 e. The van der Waals surface area contributed by atoms with Crippen molar-refractivity contribution in [3.63, 3.8) is 0 Å². The number of ether oxygens (including phenoxy) is 1. The first kappa shape index (κ1) is 15.9. The van der Waals surface area contributed by atoms with Gasteiger partial charge in [-0.3, -0.25) is 9.59 Å². The Morgan fingerprint density at radius 3 is 2.77 bits per heavy atom. The molecule has 0 spiro atoms. The van der Waals surface area contributed by atoms with Crippen LogP contribution < -0.4 is 15.0 Å². The van der Waals surface area contributed by atoms with Gasteiger partial charge in [-0.2, -0.15) is 0 Å². The first-order valence-corrected chi connectivity index (χ1v) is 8.12. The number of nitrogens with zero attached hydrogens (tertiary/aromatic N) is 2. The molecule has 1 aliphatic rings. The van der Waals surface area contributed by atoms with Gasteiger partial charge in [-0.1, -0.05) is 17.3 Å². The van der Waals surface area contributed by atoms with E-state index < -0.39 is 5.91 Å². The van der Waals surface area contributed by atoms with Crippen LogP contribution in [0.25, 0.3) is 0 Å². The van der Waals surface area contributed by atoms with Gasteiger partial charge in [0.25, 0.3) is 11.8 Å². The van der Waals surface area contributed by atoms with E-state index in [1.54, 1.807) is 23.1 Å². The molecule has 0 atom stereocenters. The number of hydrogen-bond donors (Lipinski definition) is 1. The molecule has 0 bridgehead atoms. The molecule has 0 unspecified atom stereocenters. The fourth-order valence-electron chi connectivity index (χ4n) is 2.84. The lowest BCUT2D eigenvalue weighted by atomic mass is 10.1. The van der Waals surface area contributed by atoms with Gasteiger partial charge in [0.1, 0.15) is 5.75 Å². The fourth-order valence-corrected chi connectivity index (χ4v) is 2.84. The van der Waals surface area contributed by atoms with Crippen LogP contribution in [0.1, 0.15) is 27.8 Å². The number of carbonyl (C=O) groups is 2. The van der Waals surface area contributed by atoms with Gasteiger partial charge < -0.3 is 19.5 Å². The number of nitrogens with one attached hydrogen (secondary N) is 1. The Bertz CT molecular complexity index is 982. The van der Waals surface area contributed by atoms with E-state index in [-0.39, 0.29) is 11.7 Å². The zero-order chi connectivity index (χ0) is 18.1. The van der Waals surface area contributed by atoms with Crippen molar-refractivity contribution in [1.82, 2.24) is 5.16 Å². The van der Waals surface area contributed by atoms with Gasteiger partial charge in [0, 0.05) is 18.3 Å². The largest absolute Gasteiger partial charge is 0.454 e. The van der Waals surface area contributed by atoms with E-state index in [9.17, 15) is 9.59 Å². The summed E-state index contributed by atoms with van der Waals surface area (Å²) in [6.45, 7) is 2.39. The van der Waals surface area contributed by atoms with E-state index in [0.29, 0.717) is 35.0 Å². The summed E-state index contributed by atoms with van der Waals surface area (Å²) in [5.41, 5.74) is 1.55. The average Bonchev–Trinajstić information content (AvgIpc) is 3.16. The summed E-state index contributed by atoms with van der Waals surface area (Å²) in [6.07, 6.45) is 1.39. The first-order chi connectivity index (χ1) is 12.7. The molecule has 2 heterocycles. The van der Waals surface area contributed by atoms with Gasteiger partial charge in [0.2, 0.25) is 5.76 Å². The van der Waals surface area contributed by atoms with Crippen molar-refractivity contribution in [2.75, 3.05) is 16.8 Å². The third-order valence-corrected chi connectivity index (χ3v) is 4.07. The van der Waals surface area contributed by atoms with Crippen molar-refractivity contribution in [3.8, 4) is 11.5 Å². The number of para-hydroxylation sites is 2. The second kappa shape index (κ2) is 6.36. The summed E-state index contributed by atoms with van der Waals surface area (Å²) < 4.78 is 10.8. The molecule has 130 valence electrons. The number of anilines is 2. The maximum Gasteiger partial charge on any atom is 0.294 e. The first-order valence-electron chi connectivity index (χ1n) is 8.12. The monoisotopic (exact) mass is 349 g/mol. The molecule has 26 heavy (non-hydrogen) atoms. The predicted molar refractivity (Wildman–Crippen MR) is 94.8 cm³/mol. The summed E-state index contributed by atoms with van der Waals surface area (Å²) in [6, 6.07) is 13.8. The van der Waals surface area contributed by atoms with Crippen LogP contribution in [-0.2, 0) is 0 Å². The molecule has 4 rings (SSSR count). The van der Waals surface area contributed by atoms with Crippen LogP contribution in [0.4, 0.5) is 11.4 Å². The van der Waals surface area contributed by atoms with Gasteiger partial charge in [0.05, 0.1) is 17.4 Å². The van der Waals surface area contributed by atoms with E-state index >= 15 is 0 Å². The zero-order valence-corrected chi connectivity index (χ0v) is 13.9. The van der Waals surface area contributed by atoms with E-state index in [2.05, 4.69) is 10.5 Å². The number of benzene rings is 2. The predicted octanol–water partition coefficient (Wildman–Crippen LogP) is 3.70. The molecule has 1 aromatic heterocycles. The van der Waals surface area contributed by atoms with Crippen molar-refractivity contribution in [2.24, 2.45) is 0 Å². The maximum absolute atomic E-state index is 13.0. The minimum atomic E-state index is -0.444. The van der Waals surface area contributed by atoms with Crippen molar-refractivity contribution >= 4 is 23.2 Å². The highest BCUT2D eigenvalue weighted by atomic mass is 16.5. The van der Waals surface area contributed by atoms with Crippen LogP contribution in [-0.4, -0.2) is 23.5 Å². The molecule has 7 nitrogen and oxygen atoms in total. The number of carbonyl (C=O) groups excluding carboxylic acids is 2. The summed E-state index contributed by atoms with van der Waals surface area (Å²) in [5, 5.41) is 6.20. The third-order valence-electron chi connectivity index (χ3n) is 4.07. The van der Waals surface area contributed by atoms with Gasteiger partial charge in [-0.25, -0.2) is 0 Å². The van der Waals surface area contributed by atoms with Crippen molar-refractivity contribution in [2.45, 2.75) is 6.92 Å². The highest BCUT2D eigenvalue weighted by molar-refractivity contribution is 6.11. The normalized spacial score (nSPS) is 12.7. The fraction of sp³-hybridized carbons (Fsp3) is 0.105. The van der Waals surface area contributed by atoms with Crippen LogP contribution in [0.3, 0.4) is 0 Å². The van der Waals surface area contributed by atoms with Crippen LogP contribution >= 0.6 is 0 Å². The van der Waals surface area contributed by atoms with E-state index in [4.69, 9.17) is 9.26 Å². The lowest BCUT2D eigenvalue weighted by molar-refractivity contribution is 0.0978. The molecule has 3 aromatic rings. The topological polar surface area (TPSA) is 84.7 Å². The average molecular weight is 349 g/mol. The van der Waals surface area contributed by atoms with E-state index in [1.165, 1.54) is 12.3 Å². The molecule has 7 heteroatoms. The Labute approximate surface area is 149 Å². The lowest BCUT2D eigenvalue weighted by Crippen LogP contribution is -2.29. The Hall–Kier alpha value is -3.61. The lowest BCUT2D eigenvalue weighted by Gasteiger charge is -2.19. The summed E-state index contributed by atoms with van der Waals surface area (Å²) in [7, 11) is 0. The SMILES string of the molecule is CCN1C(=O)c2cc(NC(=O)c3ccno3)ccc2Oc2ccccc21. The van der Waals surface area contributed by atoms with Gasteiger partial charge in [0.15, 0.2) is 5.75 Å². The van der Waals surface area contributed by atoms with Crippen LogP contribution in [0, 0.1) is 0 Å². The number of amides is 2. The highest BCUT2D eigenvalue weighted by Crippen LogP contribution is 2.39.